The van der Waals surface area contributed by atoms with Gasteiger partial charge in [0, 0.05) is 0 Å². The van der Waals surface area contributed by atoms with Crippen molar-refractivity contribution in [2.24, 2.45) is 0 Å². The van der Waals surface area contributed by atoms with Gasteiger partial charge in [0.2, 0.25) is 0 Å². The largest absolute Gasteiger partial charge is 0.444 e. The molecular formula is C16H23NO3. The van der Waals surface area contributed by atoms with E-state index in [9.17, 15) is 4.79 Å². The Morgan fingerprint density at radius 1 is 1.50 bits per heavy atom. The zero-order valence-corrected chi connectivity index (χ0v) is 12.6. The lowest BCUT2D eigenvalue weighted by Gasteiger charge is -2.23. The number of benzene rings is 1. The van der Waals surface area contributed by atoms with E-state index in [1.807, 2.05) is 26.8 Å². The number of hydrogen-bond donors (Lipinski definition) is 1. The maximum Gasteiger partial charge on any atom is 0.407 e. The number of carbonyl (C=O) groups excluding carboxylic acids is 1. The average molecular weight is 277 g/mol. The molecule has 20 heavy (non-hydrogen) atoms. The Hall–Kier alpha value is -1.55. The Kier molecular flexibility index (Phi) is 4.33. The molecule has 1 saturated heterocycles. The third-order valence-corrected chi connectivity index (χ3v) is 3.05. The van der Waals surface area contributed by atoms with Crippen molar-refractivity contribution < 1.29 is 14.3 Å². The van der Waals surface area contributed by atoms with Gasteiger partial charge in [0.05, 0.1) is 12.6 Å². The number of alkyl carbamates (subject to hydrolysis) is 1. The van der Waals surface area contributed by atoms with Crippen LogP contribution in [0.1, 0.15) is 31.9 Å². The summed E-state index contributed by atoms with van der Waals surface area (Å²) in [5.74, 6) is 0. The van der Waals surface area contributed by atoms with Crippen molar-refractivity contribution in [3.63, 3.8) is 0 Å². The van der Waals surface area contributed by atoms with Crippen LogP contribution in [0.25, 0.3) is 0 Å². The van der Waals surface area contributed by atoms with Crippen molar-refractivity contribution in [2.75, 3.05) is 6.61 Å². The molecule has 0 radical (unpaired) electrons. The first-order valence-corrected chi connectivity index (χ1v) is 7.00. The SMILES string of the molecule is Cc1cccc(C[C@H](NC(=O)OC(C)(C)C)[C@H]2CO2)c1. The maximum absolute atomic E-state index is 11.9. The zero-order chi connectivity index (χ0) is 14.8. The second-order valence-electron chi connectivity index (χ2n) is 6.32. The van der Waals surface area contributed by atoms with Crippen molar-refractivity contribution >= 4 is 6.09 Å². The molecule has 1 N–H and O–H groups in total. The predicted molar refractivity (Wildman–Crippen MR) is 77.8 cm³/mol. The monoisotopic (exact) mass is 277 g/mol. The fraction of sp³-hybridized carbons (Fsp3) is 0.562. The van der Waals surface area contributed by atoms with E-state index in [0.29, 0.717) is 6.61 Å². The molecule has 1 fully saturated rings. The summed E-state index contributed by atoms with van der Waals surface area (Å²) in [5, 5.41) is 2.92. The van der Waals surface area contributed by atoms with Crippen LogP contribution in [0.15, 0.2) is 24.3 Å². The molecule has 1 heterocycles. The number of rotatable bonds is 4. The summed E-state index contributed by atoms with van der Waals surface area (Å²) >= 11 is 0. The molecule has 0 bridgehead atoms. The summed E-state index contributed by atoms with van der Waals surface area (Å²) < 4.78 is 10.6. The molecule has 2 rings (SSSR count). The number of ether oxygens (including phenoxy) is 2. The molecule has 0 unspecified atom stereocenters. The minimum absolute atomic E-state index is 0.0355. The third-order valence-electron chi connectivity index (χ3n) is 3.05. The lowest BCUT2D eigenvalue weighted by atomic mass is 10.0. The summed E-state index contributed by atoms with van der Waals surface area (Å²) in [4.78, 5) is 11.9. The normalized spacial score (nSPS) is 19.3. The van der Waals surface area contributed by atoms with Gasteiger partial charge in [0.25, 0.3) is 0 Å². The Morgan fingerprint density at radius 3 is 2.75 bits per heavy atom. The minimum atomic E-state index is -0.484. The van der Waals surface area contributed by atoms with Gasteiger partial charge in [-0.1, -0.05) is 29.8 Å². The molecule has 1 aliphatic heterocycles. The number of aryl methyl sites for hydroxylation is 1. The summed E-state index contributed by atoms with van der Waals surface area (Å²) in [6.45, 7) is 8.33. The standard InChI is InChI=1S/C16H23NO3/c1-11-6-5-7-12(8-11)9-13(14-10-19-14)17-15(18)20-16(2,3)4/h5-8,13-14H,9-10H2,1-4H3,(H,17,18)/t13-,14+/m0/s1. The first-order valence-electron chi connectivity index (χ1n) is 7.00. The quantitative estimate of drug-likeness (QED) is 0.861. The lowest BCUT2D eigenvalue weighted by Crippen LogP contribution is -2.43. The number of carbonyl (C=O) groups is 1. The van der Waals surface area contributed by atoms with Crippen molar-refractivity contribution in [1.82, 2.24) is 5.32 Å². The Balaban J connectivity index is 1.96. The highest BCUT2D eigenvalue weighted by Crippen LogP contribution is 2.19. The number of epoxide rings is 1. The fourth-order valence-corrected chi connectivity index (χ4v) is 2.12. The number of nitrogens with one attached hydrogen (secondary N) is 1. The Morgan fingerprint density at radius 2 is 2.20 bits per heavy atom. The predicted octanol–water partition coefficient (Wildman–Crippen LogP) is 2.83. The van der Waals surface area contributed by atoms with Gasteiger partial charge in [-0.2, -0.15) is 0 Å². The molecule has 0 spiro atoms. The van der Waals surface area contributed by atoms with Crippen LogP contribution >= 0.6 is 0 Å². The van der Waals surface area contributed by atoms with Gasteiger partial charge in [-0.05, 0) is 39.7 Å². The van der Waals surface area contributed by atoms with E-state index >= 15 is 0 Å². The highest BCUT2D eigenvalue weighted by molar-refractivity contribution is 5.68. The molecule has 0 aromatic heterocycles. The molecule has 1 aromatic carbocycles. The van der Waals surface area contributed by atoms with Crippen LogP contribution in [-0.2, 0) is 15.9 Å². The average Bonchev–Trinajstić information content (AvgIpc) is 3.09. The number of amides is 1. The molecule has 0 aliphatic carbocycles. The highest BCUT2D eigenvalue weighted by Gasteiger charge is 2.34. The molecule has 4 nitrogen and oxygen atoms in total. The van der Waals surface area contributed by atoms with Crippen LogP contribution in [-0.4, -0.2) is 30.4 Å². The molecule has 4 heteroatoms. The molecule has 1 aromatic rings. The Bertz CT molecular complexity index is 475. The van der Waals surface area contributed by atoms with Crippen LogP contribution in [0.3, 0.4) is 0 Å². The Labute approximate surface area is 120 Å². The topological polar surface area (TPSA) is 50.9 Å². The van der Waals surface area contributed by atoms with E-state index in [-0.39, 0.29) is 18.2 Å². The van der Waals surface area contributed by atoms with E-state index in [1.54, 1.807) is 0 Å². The van der Waals surface area contributed by atoms with Gasteiger partial charge in [0.1, 0.15) is 11.7 Å². The van der Waals surface area contributed by atoms with Gasteiger partial charge < -0.3 is 14.8 Å². The van der Waals surface area contributed by atoms with Gasteiger partial charge in [-0.25, -0.2) is 4.79 Å². The van der Waals surface area contributed by atoms with Gasteiger partial charge in [-0.3, -0.25) is 0 Å². The van der Waals surface area contributed by atoms with E-state index < -0.39 is 5.60 Å². The molecule has 2 atom stereocenters. The van der Waals surface area contributed by atoms with Crippen LogP contribution in [0.4, 0.5) is 4.79 Å². The third kappa shape index (κ3) is 4.85. The van der Waals surface area contributed by atoms with Crippen LogP contribution in [0.2, 0.25) is 0 Å². The fourth-order valence-electron chi connectivity index (χ4n) is 2.12. The first-order chi connectivity index (χ1) is 9.33. The molecule has 110 valence electrons. The zero-order valence-electron chi connectivity index (χ0n) is 12.6. The molecule has 1 amide bonds. The first kappa shape index (κ1) is 14.9. The van der Waals surface area contributed by atoms with Crippen LogP contribution in [0, 0.1) is 6.92 Å². The molecule has 1 aliphatic rings. The van der Waals surface area contributed by atoms with E-state index in [2.05, 4.69) is 30.4 Å². The van der Waals surface area contributed by atoms with Crippen molar-refractivity contribution in [2.45, 2.75) is 51.9 Å². The highest BCUT2D eigenvalue weighted by atomic mass is 16.6. The second-order valence-corrected chi connectivity index (χ2v) is 6.32. The van der Waals surface area contributed by atoms with E-state index in [0.717, 1.165) is 6.42 Å². The second kappa shape index (κ2) is 5.83. The maximum atomic E-state index is 11.9. The summed E-state index contributed by atoms with van der Waals surface area (Å²) in [6, 6.07) is 8.26. The molecule has 0 saturated carbocycles. The van der Waals surface area contributed by atoms with Gasteiger partial charge in [0.15, 0.2) is 0 Å². The van der Waals surface area contributed by atoms with Gasteiger partial charge >= 0.3 is 6.09 Å². The van der Waals surface area contributed by atoms with Crippen LogP contribution in [0.5, 0.6) is 0 Å². The van der Waals surface area contributed by atoms with Gasteiger partial charge in [-0.15, -0.1) is 0 Å². The van der Waals surface area contributed by atoms with E-state index in [1.165, 1.54) is 11.1 Å². The van der Waals surface area contributed by atoms with Crippen molar-refractivity contribution in [3.05, 3.63) is 35.4 Å². The number of hydrogen-bond acceptors (Lipinski definition) is 3. The smallest absolute Gasteiger partial charge is 0.407 e. The van der Waals surface area contributed by atoms with E-state index in [4.69, 9.17) is 9.47 Å². The van der Waals surface area contributed by atoms with Crippen molar-refractivity contribution in [1.29, 1.82) is 0 Å². The summed E-state index contributed by atoms with van der Waals surface area (Å²) in [6.07, 6.45) is 0.472. The summed E-state index contributed by atoms with van der Waals surface area (Å²) in [5.41, 5.74) is 1.93. The van der Waals surface area contributed by atoms with Crippen molar-refractivity contribution in [3.8, 4) is 0 Å². The minimum Gasteiger partial charge on any atom is -0.444 e. The molecular weight excluding hydrogens is 254 g/mol. The summed E-state index contributed by atoms with van der Waals surface area (Å²) in [7, 11) is 0. The lowest BCUT2D eigenvalue weighted by molar-refractivity contribution is 0.0495. The van der Waals surface area contributed by atoms with Crippen LogP contribution < -0.4 is 5.32 Å².